The van der Waals surface area contributed by atoms with Crippen LogP contribution in [0, 0.1) is 17.5 Å². The molecule has 0 unspecified atom stereocenters. The number of methoxy groups -OCH3 is 1. The van der Waals surface area contributed by atoms with Crippen molar-refractivity contribution in [2.24, 2.45) is 0 Å². The number of ether oxygens (including phenoxy) is 1. The molecule has 0 saturated carbocycles. The van der Waals surface area contributed by atoms with Gasteiger partial charge in [-0.15, -0.1) is 4.98 Å². The largest absolute Gasteiger partial charge is 0.467 e. The number of H-pyrrole nitrogens is 1. The standard InChI is InChI=1S/C10H6F3N3O2/c1-18-10-15-8(14-9(17)16-10)4-2-5(11)7(13)6(12)3-4/h2-3H,1H3,(H,14,15,16,17). The monoisotopic (exact) mass is 257 g/mol. The minimum atomic E-state index is -1.60. The summed E-state index contributed by atoms with van der Waals surface area (Å²) < 4.78 is 43.5. The van der Waals surface area contributed by atoms with E-state index in [9.17, 15) is 18.0 Å². The molecule has 1 aromatic carbocycles. The molecule has 18 heavy (non-hydrogen) atoms. The summed E-state index contributed by atoms with van der Waals surface area (Å²) in [5.41, 5.74) is -0.939. The Labute approximate surface area is 98.3 Å². The van der Waals surface area contributed by atoms with E-state index in [4.69, 9.17) is 0 Å². The Hall–Kier alpha value is -2.38. The van der Waals surface area contributed by atoms with Crippen LogP contribution in [0.4, 0.5) is 13.2 Å². The van der Waals surface area contributed by atoms with Crippen molar-refractivity contribution in [1.29, 1.82) is 0 Å². The first-order chi connectivity index (χ1) is 8.51. The first-order valence-electron chi connectivity index (χ1n) is 4.68. The number of nitrogens with zero attached hydrogens (tertiary/aromatic N) is 2. The molecule has 2 rings (SSSR count). The lowest BCUT2D eigenvalue weighted by Crippen LogP contribution is -2.14. The number of halogens is 3. The zero-order valence-electron chi connectivity index (χ0n) is 9.00. The van der Waals surface area contributed by atoms with Gasteiger partial charge in [0.1, 0.15) is 5.82 Å². The normalized spacial score (nSPS) is 10.4. The van der Waals surface area contributed by atoms with Crippen LogP contribution < -0.4 is 10.4 Å². The predicted molar refractivity (Wildman–Crippen MR) is 54.5 cm³/mol. The van der Waals surface area contributed by atoms with E-state index in [1.807, 2.05) is 0 Å². The first-order valence-corrected chi connectivity index (χ1v) is 4.68. The molecular formula is C10H6F3N3O2. The molecular weight excluding hydrogens is 251 g/mol. The van der Waals surface area contributed by atoms with Gasteiger partial charge >= 0.3 is 11.7 Å². The van der Waals surface area contributed by atoms with Crippen molar-refractivity contribution in [3.63, 3.8) is 0 Å². The molecule has 1 heterocycles. The fourth-order valence-electron chi connectivity index (χ4n) is 1.28. The first kappa shape index (κ1) is 12.1. The molecule has 94 valence electrons. The number of hydrogen-bond acceptors (Lipinski definition) is 4. The van der Waals surface area contributed by atoms with E-state index in [0.29, 0.717) is 12.1 Å². The van der Waals surface area contributed by atoms with E-state index in [1.165, 1.54) is 7.11 Å². The van der Waals surface area contributed by atoms with Gasteiger partial charge in [0, 0.05) is 5.56 Å². The van der Waals surface area contributed by atoms with Gasteiger partial charge in [0.2, 0.25) is 0 Å². The van der Waals surface area contributed by atoms with Crippen LogP contribution in [0.25, 0.3) is 11.4 Å². The Morgan fingerprint density at radius 3 is 2.33 bits per heavy atom. The molecule has 1 N–H and O–H groups in total. The van der Waals surface area contributed by atoms with Gasteiger partial charge in [0.05, 0.1) is 7.11 Å². The van der Waals surface area contributed by atoms with Crippen LogP contribution in [-0.4, -0.2) is 22.1 Å². The highest BCUT2D eigenvalue weighted by atomic mass is 19.2. The topological polar surface area (TPSA) is 67.9 Å². The highest BCUT2D eigenvalue weighted by Gasteiger charge is 2.14. The maximum absolute atomic E-state index is 13.0. The second-order valence-electron chi connectivity index (χ2n) is 3.24. The van der Waals surface area contributed by atoms with E-state index in [-0.39, 0.29) is 17.4 Å². The second-order valence-corrected chi connectivity index (χ2v) is 3.24. The van der Waals surface area contributed by atoms with Gasteiger partial charge in [-0.25, -0.2) is 18.0 Å². The van der Waals surface area contributed by atoms with Gasteiger partial charge in [-0.2, -0.15) is 4.98 Å². The number of hydrogen-bond donors (Lipinski definition) is 1. The molecule has 0 aliphatic heterocycles. The van der Waals surface area contributed by atoms with Crippen molar-refractivity contribution in [3.05, 3.63) is 40.1 Å². The summed E-state index contributed by atoms with van der Waals surface area (Å²) in [6.07, 6.45) is 0. The van der Waals surface area contributed by atoms with Gasteiger partial charge in [0.15, 0.2) is 17.5 Å². The number of aromatic amines is 1. The molecule has 1 aromatic heterocycles. The lowest BCUT2D eigenvalue weighted by Gasteiger charge is -2.03. The van der Waals surface area contributed by atoms with Crippen molar-refractivity contribution in [3.8, 4) is 17.4 Å². The average molecular weight is 257 g/mol. The molecule has 0 aliphatic carbocycles. The summed E-state index contributed by atoms with van der Waals surface area (Å²) in [5, 5.41) is 0. The van der Waals surface area contributed by atoms with Crippen LogP contribution in [-0.2, 0) is 0 Å². The summed E-state index contributed by atoms with van der Waals surface area (Å²) in [6.45, 7) is 0. The van der Waals surface area contributed by atoms with Crippen LogP contribution in [0.3, 0.4) is 0 Å². The maximum Gasteiger partial charge on any atom is 0.351 e. The minimum Gasteiger partial charge on any atom is -0.467 e. The van der Waals surface area contributed by atoms with E-state index in [1.54, 1.807) is 0 Å². The van der Waals surface area contributed by atoms with Crippen molar-refractivity contribution in [2.75, 3.05) is 7.11 Å². The van der Waals surface area contributed by atoms with Gasteiger partial charge in [-0.1, -0.05) is 0 Å². The quantitative estimate of drug-likeness (QED) is 0.822. The van der Waals surface area contributed by atoms with Crippen molar-refractivity contribution >= 4 is 0 Å². The molecule has 8 heteroatoms. The van der Waals surface area contributed by atoms with E-state index in [0.717, 1.165) is 0 Å². The number of benzene rings is 1. The third kappa shape index (κ3) is 2.17. The molecule has 0 radical (unpaired) electrons. The zero-order chi connectivity index (χ0) is 13.3. The predicted octanol–water partition coefficient (Wildman–Crippen LogP) is 1.26. The summed E-state index contributed by atoms with van der Waals surface area (Å²) in [7, 11) is 1.23. The van der Waals surface area contributed by atoms with E-state index < -0.39 is 23.1 Å². The van der Waals surface area contributed by atoms with Crippen LogP contribution in [0.5, 0.6) is 6.01 Å². The molecule has 0 amide bonds. The molecule has 5 nitrogen and oxygen atoms in total. The lowest BCUT2D eigenvalue weighted by molar-refractivity contribution is 0.376. The Balaban J connectivity index is 2.62. The molecule has 0 bridgehead atoms. The average Bonchev–Trinajstić information content (AvgIpc) is 2.34. The van der Waals surface area contributed by atoms with Crippen LogP contribution in [0.2, 0.25) is 0 Å². The minimum absolute atomic E-state index is 0.135. The Morgan fingerprint density at radius 1 is 1.17 bits per heavy atom. The van der Waals surface area contributed by atoms with Gasteiger partial charge in [-0.05, 0) is 12.1 Å². The molecule has 0 atom stereocenters. The third-order valence-corrected chi connectivity index (χ3v) is 2.07. The highest BCUT2D eigenvalue weighted by molar-refractivity contribution is 5.54. The molecule has 2 aromatic rings. The maximum atomic E-state index is 13.0. The second kappa shape index (κ2) is 4.47. The summed E-state index contributed by atoms with van der Waals surface area (Å²) in [5.74, 6) is -4.54. The lowest BCUT2D eigenvalue weighted by atomic mass is 10.2. The molecule has 0 spiro atoms. The van der Waals surface area contributed by atoms with Crippen molar-refractivity contribution < 1.29 is 17.9 Å². The fourth-order valence-corrected chi connectivity index (χ4v) is 1.28. The van der Waals surface area contributed by atoms with Gasteiger partial charge in [-0.3, -0.25) is 4.98 Å². The zero-order valence-corrected chi connectivity index (χ0v) is 9.00. The fraction of sp³-hybridized carbons (Fsp3) is 0.100. The molecule has 0 aliphatic rings. The van der Waals surface area contributed by atoms with Crippen LogP contribution in [0.1, 0.15) is 0 Å². The van der Waals surface area contributed by atoms with Crippen molar-refractivity contribution in [1.82, 2.24) is 15.0 Å². The van der Waals surface area contributed by atoms with Crippen LogP contribution >= 0.6 is 0 Å². The van der Waals surface area contributed by atoms with Gasteiger partial charge < -0.3 is 4.74 Å². The molecule has 0 fully saturated rings. The number of aromatic nitrogens is 3. The smallest absolute Gasteiger partial charge is 0.351 e. The Morgan fingerprint density at radius 2 is 1.78 bits per heavy atom. The van der Waals surface area contributed by atoms with Crippen molar-refractivity contribution in [2.45, 2.75) is 0 Å². The highest BCUT2D eigenvalue weighted by Crippen LogP contribution is 2.20. The number of nitrogens with one attached hydrogen (secondary N) is 1. The van der Waals surface area contributed by atoms with Gasteiger partial charge in [0.25, 0.3) is 0 Å². The summed E-state index contributed by atoms with van der Waals surface area (Å²) in [6, 6.07) is 1.14. The van der Waals surface area contributed by atoms with E-state index >= 15 is 0 Å². The SMILES string of the molecule is COc1nc(-c2cc(F)c(F)c(F)c2)[nH]c(=O)n1. The summed E-state index contributed by atoms with van der Waals surface area (Å²) >= 11 is 0. The van der Waals surface area contributed by atoms with E-state index in [2.05, 4.69) is 19.7 Å². The molecule has 0 saturated heterocycles. The summed E-state index contributed by atoms with van der Waals surface area (Å²) in [4.78, 5) is 20.3. The third-order valence-electron chi connectivity index (χ3n) is 2.07. The van der Waals surface area contributed by atoms with Crippen LogP contribution in [0.15, 0.2) is 16.9 Å². The Kier molecular flexibility index (Phi) is 3.00. The number of rotatable bonds is 2. The Bertz CT molecular complexity index is 634.